The second-order valence-corrected chi connectivity index (χ2v) is 4.72. The molecule has 0 aliphatic heterocycles. The highest BCUT2D eigenvalue weighted by Crippen LogP contribution is 2.32. The van der Waals surface area contributed by atoms with E-state index in [0.29, 0.717) is 24.7 Å². The van der Waals surface area contributed by atoms with Crippen molar-refractivity contribution in [1.29, 1.82) is 0 Å². The van der Waals surface area contributed by atoms with E-state index >= 15 is 0 Å². The Morgan fingerprint density at radius 2 is 2.29 bits per heavy atom. The van der Waals surface area contributed by atoms with Crippen molar-refractivity contribution >= 4 is 11.6 Å². The van der Waals surface area contributed by atoms with Crippen LogP contribution in [-0.4, -0.2) is 17.3 Å². The van der Waals surface area contributed by atoms with Crippen LogP contribution in [-0.2, 0) is 11.2 Å². The molecule has 0 aromatic carbocycles. The Labute approximate surface area is 101 Å². The SMILES string of the molecule is NCC1CCCC1C(=O)Cc1cccnc1N. The lowest BCUT2D eigenvalue weighted by molar-refractivity contribution is -0.123. The first-order valence-corrected chi connectivity index (χ1v) is 6.14. The largest absolute Gasteiger partial charge is 0.383 e. The number of nitrogen functional groups attached to an aromatic ring is 1. The summed E-state index contributed by atoms with van der Waals surface area (Å²) < 4.78 is 0. The Morgan fingerprint density at radius 1 is 1.47 bits per heavy atom. The van der Waals surface area contributed by atoms with Gasteiger partial charge in [0.05, 0.1) is 0 Å². The molecular formula is C13H19N3O. The molecule has 4 N–H and O–H groups in total. The molecule has 2 atom stereocenters. The van der Waals surface area contributed by atoms with Crippen LogP contribution in [0.4, 0.5) is 5.82 Å². The number of pyridine rings is 1. The highest BCUT2D eigenvalue weighted by Gasteiger charge is 2.31. The van der Waals surface area contributed by atoms with Crippen molar-refractivity contribution in [2.75, 3.05) is 12.3 Å². The van der Waals surface area contributed by atoms with Crippen LogP contribution in [0, 0.1) is 11.8 Å². The first-order chi connectivity index (χ1) is 8.22. The molecule has 0 radical (unpaired) electrons. The summed E-state index contributed by atoms with van der Waals surface area (Å²) in [6.45, 7) is 0.610. The van der Waals surface area contributed by atoms with Gasteiger partial charge in [0.1, 0.15) is 11.6 Å². The van der Waals surface area contributed by atoms with Crippen molar-refractivity contribution in [1.82, 2.24) is 4.98 Å². The number of nitrogens with two attached hydrogens (primary N) is 2. The molecule has 4 nitrogen and oxygen atoms in total. The summed E-state index contributed by atoms with van der Waals surface area (Å²) in [5.74, 6) is 1.21. The van der Waals surface area contributed by atoms with Gasteiger partial charge in [0.15, 0.2) is 0 Å². The van der Waals surface area contributed by atoms with Crippen LogP contribution in [0.25, 0.3) is 0 Å². The molecule has 0 bridgehead atoms. The van der Waals surface area contributed by atoms with Crippen molar-refractivity contribution in [2.45, 2.75) is 25.7 Å². The van der Waals surface area contributed by atoms with Crippen LogP contribution < -0.4 is 11.5 Å². The molecule has 17 heavy (non-hydrogen) atoms. The standard InChI is InChI=1S/C13H19N3O/c14-8-10-3-1-5-11(10)12(17)7-9-4-2-6-16-13(9)15/h2,4,6,10-11H,1,3,5,7-8,14H2,(H2,15,16). The van der Waals surface area contributed by atoms with E-state index in [2.05, 4.69) is 4.98 Å². The first-order valence-electron chi connectivity index (χ1n) is 6.14. The van der Waals surface area contributed by atoms with Gasteiger partial charge in [-0.2, -0.15) is 0 Å². The summed E-state index contributed by atoms with van der Waals surface area (Å²) in [5.41, 5.74) is 12.3. The van der Waals surface area contributed by atoms with Gasteiger partial charge in [0.25, 0.3) is 0 Å². The van der Waals surface area contributed by atoms with Gasteiger partial charge in [-0.05, 0) is 31.4 Å². The molecule has 92 valence electrons. The van der Waals surface area contributed by atoms with Crippen molar-refractivity contribution in [3.8, 4) is 0 Å². The van der Waals surface area contributed by atoms with Crippen molar-refractivity contribution in [3.05, 3.63) is 23.9 Å². The number of rotatable bonds is 4. The van der Waals surface area contributed by atoms with Crippen LogP contribution >= 0.6 is 0 Å². The van der Waals surface area contributed by atoms with E-state index in [0.717, 1.165) is 24.8 Å². The summed E-state index contributed by atoms with van der Waals surface area (Å²) in [6.07, 6.45) is 5.19. The number of aromatic nitrogens is 1. The Kier molecular flexibility index (Phi) is 3.74. The highest BCUT2D eigenvalue weighted by atomic mass is 16.1. The van der Waals surface area contributed by atoms with Crippen LogP contribution in [0.5, 0.6) is 0 Å². The molecule has 1 aliphatic carbocycles. The van der Waals surface area contributed by atoms with Gasteiger partial charge in [-0.1, -0.05) is 12.5 Å². The zero-order valence-electron chi connectivity index (χ0n) is 9.93. The van der Waals surface area contributed by atoms with Crippen molar-refractivity contribution < 1.29 is 4.79 Å². The summed E-state index contributed by atoms with van der Waals surface area (Å²) in [6, 6.07) is 3.68. The zero-order valence-corrected chi connectivity index (χ0v) is 9.93. The van der Waals surface area contributed by atoms with E-state index in [9.17, 15) is 4.79 Å². The molecule has 4 heteroatoms. The zero-order chi connectivity index (χ0) is 12.3. The average Bonchev–Trinajstić information content (AvgIpc) is 2.80. The fourth-order valence-electron chi connectivity index (χ4n) is 2.66. The second-order valence-electron chi connectivity index (χ2n) is 4.72. The number of carbonyl (C=O) groups is 1. The number of carbonyl (C=O) groups excluding carboxylic acids is 1. The van der Waals surface area contributed by atoms with Crippen molar-refractivity contribution in [2.24, 2.45) is 17.6 Å². The topological polar surface area (TPSA) is 82.0 Å². The maximum atomic E-state index is 12.2. The quantitative estimate of drug-likeness (QED) is 0.817. The summed E-state index contributed by atoms with van der Waals surface area (Å²) >= 11 is 0. The molecule has 1 aliphatic rings. The van der Waals surface area contributed by atoms with E-state index < -0.39 is 0 Å². The number of nitrogens with zero attached hydrogens (tertiary/aromatic N) is 1. The minimum Gasteiger partial charge on any atom is -0.383 e. The lowest BCUT2D eigenvalue weighted by Crippen LogP contribution is -2.26. The van der Waals surface area contributed by atoms with E-state index in [1.165, 1.54) is 0 Å². The average molecular weight is 233 g/mol. The summed E-state index contributed by atoms with van der Waals surface area (Å²) in [7, 11) is 0. The third kappa shape index (κ3) is 2.64. The monoisotopic (exact) mass is 233 g/mol. The maximum Gasteiger partial charge on any atom is 0.140 e. The molecule has 1 heterocycles. The first kappa shape index (κ1) is 12.0. The molecule has 1 aromatic heterocycles. The fraction of sp³-hybridized carbons (Fsp3) is 0.538. The minimum atomic E-state index is 0.125. The van der Waals surface area contributed by atoms with E-state index in [-0.39, 0.29) is 11.7 Å². The molecule has 1 fully saturated rings. The van der Waals surface area contributed by atoms with Crippen LogP contribution in [0.2, 0.25) is 0 Å². The third-order valence-corrected chi connectivity index (χ3v) is 3.67. The molecule has 1 saturated carbocycles. The summed E-state index contributed by atoms with van der Waals surface area (Å²) in [4.78, 5) is 16.2. The van der Waals surface area contributed by atoms with Gasteiger partial charge in [0, 0.05) is 24.1 Å². The molecule has 0 saturated heterocycles. The predicted octanol–water partition coefficient (Wildman–Crippen LogP) is 1.15. The number of anilines is 1. The predicted molar refractivity (Wildman–Crippen MR) is 67.2 cm³/mol. The highest BCUT2D eigenvalue weighted by molar-refractivity contribution is 5.84. The van der Waals surface area contributed by atoms with Gasteiger partial charge in [0.2, 0.25) is 0 Å². The van der Waals surface area contributed by atoms with Crippen LogP contribution in [0.1, 0.15) is 24.8 Å². The Morgan fingerprint density at radius 3 is 3.00 bits per heavy atom. The molecule has 2 unspecified atom stereocenters. The lowest BCUT2D eigenvalue weighted by atomic mass is 9.89. The molecular weight excluding hydrogens is 214 g/mol. The fourth-order valence-corrected chi connectivity index (χ4v) is 2.66. The smallest absolute Gasteiger partial charge is 0.140 e. The third-order valence-electron chi connectivity index (χ3n) is 3.67. The molecule has 0 amide bonds. The molecule has 0 spiro atoms. The summed E-state index contributed by atoms with van der Waals surface area (Å²) in [5, 5.41) is 0. The minimum absolute atomic E-state index is 0.125. The second kappa shape index (κ2) is 5.27. The molecule has 1 aromatic rings. The van der Waals surface area contributed by atoms with E-state index in [1.54, 1.807) is 6.20 Å². The Balaban J connectivity index is 2.04. The van der Waals surface area contributed by atoms with Gasteiger partial charge in [-0.3, -0.25) is 4.79 Å². The maximum absolute atomic E-state index is 12.2. The van der Waals surface area contributed by atoms with E-state index in [1.807, 2.05) is 12.1 Å². The normalized spacial score (nSPS) is 23.8. The van der Waals surface area contributed by atoms with Crippen LogP contribution in [0.15, 0.2) is 18.3 Å². The van der Waals surface area contributed by atoms with Crippen molar-refractivity contribution in [3.63, 3.8) is 0 Å². The number of hydrogen-bond donors (Lipinski definition) is 2. The van der Waals surface area contributed by atoms with E-state index in [4.69, 9.17) is 11.5 Å². The lowest BCUT2D eigenvalue weighted by Gasteiger charge is -2.16. The number of Topliss-reactive ketones (excluding diaryl/α,β-unsaturated/α-hetero) is 1. The van der Waals surface area contributed by atoms with Crippen LogP contribution in [0.3, 0.4) is 0 Å². The van der Waals surface area contributed by atoms with Gasteiger partial charge in [-0.15, -0.1) is 0 Å². The van der Waals surface area contributed by atoms with Gasteiger partial charge < -0.3 is 11.5 Å². The molecule has 2 rings (SSSR count). The number of hydrogen-bond acceptors (Lipinski definition) is 4. The van der Waals surface area contributed by atoms with Gasteiger partial charge >= 0.3 is 0 Å². The Hall–Kier alpha value is -1.42. The Bertz CT molecular complexity index is 405. The van der Waals surface area contributed by atoms with Gasteiger partial charge in [-0.25, -0.2) is 4.98 Å². The number of ketones is 1.